The van der Waals surface area contributed by atoms with Crippen LogP contribution in [0.5, 0.6) is 0 Å². The molecule has 1 rings (SSSR count). The molecule has 3 heteroatoms. The van der Waals surface area contributed by atoms with Crippen molar-refractivity contribution in [1.82, 2.24) is 0 Å². The predicted molar refractivity (Wildman–Crippen MR) is 42.3 cm³/mol. The van der Waals surface area contributed by atoms with Crippen molar-refractivity contribution in [2.75, 3.05) is 5.73 Å². The number of hydrogen-bond acceptors (Lipinski definition) is 1. The van der Waals surface area contributed by atoms with Crippen LogP contribution >= 0.6 is 11.6 Å². The summed E-state index contributed by atoms with van der Waals surface area (Å²) in [6.45, 7) is 0. The molecule has 0 atom stereocenters. The van der Waals surface area contributed by atoms with Crippen molar-refractivity contribution in [3.8, 4) is 0 Å². The molecule has 0 aliphatic rings. The molecule has 0 saturated heterocycles. The summed E-state index contributed by atoms with van der Waals surface area (Å²) in [7, 11) is 0. The molecule has 1 aromatic rings. The Hall–Kier alpha value is 0.946. The number of hydrogen-bond donors (Lipinski definition) is 1. The molecule has 10 heavy (non-hydrogen) atoms. The Morgan fingerprint density at radius 2 is 1.50 bits per heavy atom. The second-order valence-electron chi connectivity index (χ2n) is 1.55. The van der Waals surface area contributed by atoms with E-state index < -0.39 is 0 Å². The maximum atomic E-state index is 5.56. The monoisotopic (exact) mass is 181 g/mol. The van der Waals surface area contributed by atoms with Crippen LogP contribution in [-0.4, -0.2) is 0 Å². The number of rotatable bonds is 0. The quantitative estimate of drug-likeness (QED) is 0.322. The maximum Gasteiger partial charge on any atom is 1.00 e. The normalized spacial score (nSPS) is 7.30. The molecule has 0 heterocycles. The van der Waals surface area contributed by atoms with Gasteiger partial charge in [-0.2, -0.15) is 0 Å². The van der Waals surface area contributed by atoms with Gasteiger partial charge in [0.25, 0.3) is 0 Å². The summed E-state index contributed by atoms with van der Waals surface area (Å²) in [5, 5.41) is 0.721. The molecule has 1 nitrogen and oxygen atoms in total. The van der Waals surface area contributed by atoms with Crippen LogP contribution in [0.4, 0.5) is 5.69 Å². The zero-order valence-corrected chi connectivity index (χ0v) is 10.1. The molecule has 0 spiro atoms. The summed E-state index contributed by atoms with van der Waals surface area (Å²) in [5.74, 6) is 0. The number of nitrogens with two attached hydrogens (primary N) is 1. The van der Waals surface area contributed by atoms with Gasteiger partial charge in [-0.05, 0) is 24.3 Å². The van der Waals surface area contributed by atoms with E-state index in [-0.39, 0.29) is 58.8 Å². The number of nitrogen functional groups attached to an aromatic ring is 1. The van der Waals surface area contributed by atoms with Crippen LogP contribution in [0, 0.1) is 7.43 Å². The SMILES string of the molecule is Nc1ccc(Cl)cc1.[CH3-].[K+]. The van der Waals surface area contributed by atoms with Crippen LogP contribution in [0.1, 0.15) is 0 Å². The molecule has 0 aliphatic heterocycles. The molecule has 0 fully saturated rings. The van der Waals surface area contributed by atoms with Gasteiger partial charge in [0.05, 0.1) is 0 Å². The minimum Gasteiger partial charge on any atom is -0.399 e. The summed E-state index contributed by atoms with van der Waals surface area (Å²) in [5.41, 5.74) is 6.11. The molecular weight excluding hydrogens is 173 g/mol. The fourth-order valence-corrected chi connectivity index (χ4v) is 0.589. The molecule has 0 bridgehead atoms. The van der Waals surface area contributed by atoms with Gasteiger partial charge in [-0.25, -0.2) is 0 Å². The van der Waals surface area contributed by atoms with Gasteiger partial charge in [0.2, 0.25) is 0 Å². The van der Waals surface area contributed by atoms with Crippen LogP contribution in [0.2, 0.25) is 5.02 Å². The van der Waals surface area contributed by atoms with E-state index >= 15 is 0 Å². The molecule has 50 valence electrons. The smallest absolute Gasteiger partial charge is 0.399 e. The predicted octanol–water partition coefficient (Wildman–Crippen LogP) is -0.624. The molecule has 2 N–H and O–H groups in total. The summed E-state index contributed by atoms with van der Waals surface area (Å²) in [4.78, 5) is 0. The second kappa shape index (κ2) is 6.64. The Kier molecular flexibility index (Phi) is 8.99. The average molecular weight is 182 g/mol. The Morgan fingerprint density at radius 3 is 1.80 bits per heavy atom. The van der Waals surface area contributed by atoms with E-state index in [9.17, 15) is 0 Å². The fraction of sp³-hybridized carbons (Fsp3) is 0. The van der Waals surface area contributed by atoms with Crippen LogP contribution in [0.25, 0.3) is 0 Å². The molecule has 0 amide bonds. The first-order valence-corrected chi connectivity index (χ1v) is 2.68. The summed E-state index contributed by atoms with van der Waals surface area (Å²) >= 11 is 5.56. The Balaban J connectivity index is 0. The van der Waals surface area contributed by atoms with Crippen molar-refractivity contribution in [3.05, 3.63) is 36.7 Å². The van der Waals surface area contributed by atoms with Gasteiger partial charge in [-0.1, -0.05) is 11.6 Å². The average Bonchev–Trinajstić information content (AvgIpc) is 1.77. The van der Waals surface area contributed by atoms with E-state index in [4.69, 9.17) is 17.3 Å². The molecule has 1 aromatic carbocycles. The first-order valence-electron chi connectivity index (χ1n) is 2.30. The first-order chi connectivity index (χ1) is 3.79. The van der Waals surface area contributed by atoms with Crippen molar-refractivity contribution in [3.63, 3.8) is 0 Å². The molecule has 0 radical (unpaired) electrons. The van der Waals surface area contributed by atoms with E-state index in [1.54, 1.807) is 24.3 Å². The van der Waals surface area contributed by atoms with Crippen LogP contribution in [0.15, 0.2) is 24.3 Å². The maximum absolute atomic E-state index is 5.56. The number of benzene rings is 1. The molecule has 0 saturated carbocycles. The van der Waals surface area contributed by atoms with Crippen molar-refractivity contribution in [1.29, 1.82) is 0 Å². The zero-order valence-electron chi connectivity index (χ0n) is 6.26. The molecule has 0 aliphatic carbocycles. The van der Waals surface area contributed by atoms with Crippen molar-refractivity contribution < 1.29 is 51.4 Å². The summed E-state index contributed by atoms with van der Waals surface area (Å²) in [6.07, 6.45) is 0. The third kappa shape index (κ3) is 4.71. The van der Waals surface area contributed by atoms with Crippen LogP contribution in [-0.2, 0) is 0 Å². The molecule has 0 unspecified atom stereocenters. The summed E-state index contributed by atoms with van der Waals surface area (Å²) in [6, 6.07) is 7.05. The van der Waals surface area contributed by atoms with E-state index in [2.05, 4.69) is 0 Å². The van der Waals surface area contributed by atoms with Gasteiger partial charge in [0.15, 0.2) is 0 Å². The minimum absolute atomic E-state index is 0. The second-order valence-corrected chi connectivity index (χ2v) is 1.99. The van der Waals surface area contributed by atoms with Gasteiger partial charge in [-0.3, -0.25) is 0 Å². The Morgan fingerprint density at radius 1 is 1.10 bits per heavy atom. The molecular formula is C7H9ClKN. The Bertz CT molecular complexity index is 152. The van der Waals surface area contributed by atoms with Crippen LogP contribution < -0.4 is 57.1 Å². The summed E-state index contributed by atoms with van der Waals surface area (Å²) < 4.78 is 0. The van der Waals surface area contributed by atoms with E-state index in [0.29, 0.717) is 0 Å². The number of halogens is 1. The number of anilines is 1. The minimum atomic E-state index is 0. The van der Waals surface area contributed by atoms with Crippen LogP contribution in [0.3, 0.4) is 0 Å². The standard InChI is InChI=1S/C6H6ClN.CH3.K/c7-5-1-3-6(8)4-2-5;;/h1-4H,8H2;1H3;/q;-1;+1. The van der Waals surface area contributed by atoms with Gasteiger partial charge >= 0.3 is 51.4 Å². The third-order valence-corrected chi connectivity index (χ3v) is 1.12. The van der Waals surface area contributed by atoms with E-state index in [1.807, 2.05) is 0 Å². The Labute approximate surface area is 109 Å². The van der Waals surface area contributed by atoms with E-state index in [0.717, 1.165) is 10.7 Å². The fourth-order valence-electron chi connectivity index (χ4n) is 0.463. The van der Waals surface area contributed by atoms with Crippen molar-refractivity contribution in [2.45, 2.75) is 0 Å². The van der Waals surface area contributed by atoms with E-state index in [1.165, 1.54) is 0 Å². The van der Waals surface area contributed by atoms with Crippen molar-refractivity contribution in [2.24, 2.45) is 0 Å². The van der Waals surface area contributed by atoms with Gasteiger partial charge in [0, 0.05) is 10.7 Å². The largest absolute Gasteiger partial charge is 1.00 e. The van der Waals surface area contributed by atoms with Gasteiger partial charge < -0.3 is 13.2 Å². The zero-order chi connectivity index (χ0) is 5.98. The molecule has 0 aromatic heterocycles. The van der Waals surface area contributed by atoms with Gasteiger partial charge in [-0.15, -0.1) is 0 Å². The third-order valence-electron chi connectivity index (χ3n) is 0.870. The van der Waals surface area contributed by atoms with Gasteiger partial charge in [0.1, 0.15) is 0 Å². The van der Waals surface area contributed by atoms with Crippen molar-refractivity contribution >= 4 is 17.3 Å². The topological polar surface area (TPSA) is 26.0 Å². The first kappa shape index (κ1) is 13.5.